The minimum absolute atomic E-state index is 0.227. The summed E-state index contributed by atoms with van der Waals surface area (Å²) >= 11 is 0. The van der Waals surface area contributed by atoms with E-state index in [1.54, 1.807) is 38.5 Å². The molecule has 0 saturated heterocycles. The summed E-state index contributed by atoms with van der Waals surface area (Å²) in [4.78, 5) is 39.4. The first-order valence-electron chi connectivity index (χ1n) is 11.7. The number of rotatable bonds is 5. The summed E-state index contributed by atoms with van der Waals surface area (Å²) in [5, 5.41) is 5.92. The molecule has 174 valence electrons. The third-order valence-electron chi connectivity index (χ3n) is 8.35. The monoisotopic (exact) mass is 451 g/mol. The lowest BCUT2D eigenvalue weighted by Gasteiger charge is -2.33. The number of halogens is 1. The number of nitrogens with one attached hydrogen (secondary N) is 2. The van der Waals surface area contributed by atoms with E-state index in [9.17, 15) is 18.8 Å². The summed E-state index contributed by atoms with van der Waals surface area (Å²) in [5.41, 5.74) is 2.33. The summed E-state index contributed by atoms with van der Waals surface area (Å²) < 4.78 is 15.2. The molecular formula is C26H30FN3O3. The SMILES string of the molecule is Cc1cc(NC(=O)c2c(C)c(C(=O)C(=O)N[C@]34C[C@@H]5C[C@@H](C[C@H]3C5)C4)n(C)c2C)ccc1F. The Balaban J connectivity index is 1.38. The lowest BCUT2D eigenvalue weighted by molar-refractivity contribution is -0.119. The van der Waals surface area contributed by atoms with Gasteiger partial charge in [0.1, 0.15) is 5.82 Å². The highest BCUT2D eigenvalue weighted by Gasteiger charge is 2.58. The van der Waals surface area contributed by atoms with Gasteiger partial charge >= 0.3 is 0 Å². The Morgan fingerprint density at radius 2 is 1.73 bits per heavy atom. The molecule has 1 heterocycles. The topological polar surface area (TPSA) is 80.2 Å². The van der Waals surface area contributed by atoms with E-state index in [0.717, 1.165) is 25.7 Å². The fraction of sp³-hybridized carbons (Fsp3) is 0.500. The molecule has 4 bridgehead atoms. The van der Waals surface area contributed by atoms with Gasteiger partial charge in [-0.2, -0.15) is 0 Å². The third kappa shape index (κ3) is 3.40. The molecule has 2 aromatic rings. The lowest BCUT2D eigenvalue weighted by Crippen LogP contribution is -2.51. The number of amides is 2. The van der Waals surface area contributed by atoms with Crippen molar-refractivity contribution < 1.29 is 18.8 Å². The predicted molar refractivity (Wildman–Crippen MR) is 123 cm³/mol. The highest BCUT2D eigenvalue weighted by Crippen LogP contribution is 2.60. The van der Waals surface area contributed by atoms with Crippen LogP contribution in [0.4, 0.5) is 10.1 Å². The molecule has 0 spiro atoms. The predicted octanol–water partition coefficient (Wildman–Crippen LogP) is 4.22. The number of nitrogens with zero attached hydrogens (tertiary/aromatic N) is 1. The van der Waals surface area contributed by atoms with Crippen molar-refractivity contribution in [3.05, 3.63) is 52.1 Å². The van der Waals surface area contributed by atoms with Crippen LogP contribution in [-0.4, -0.2) is 27.7 Å². The van der Waals surface area contributed by atoms with E-state index in [2.05, 4.69) is 10.6 Å². The van der Waals surface area contributed by atoms with Crippen LogP contribution in [0.15, 0.2) is 18.2 Å². The number of Topliss-reactive ketones (excluding diaryl/α,β-unsaturated/α-hetero) is 1. The van der Waals surface area contributed by atoms with Gasteiger partial charge in [0.05, 0.1) is 11.3 Å². The van der Waals surface area contributed by atoms with Crippen molar-refractivity contribution in [3.8, 4) is 0 Å². The van der Waals surface area contributed by atoms with E-state index in [1.165, 1.54) is 18.6 Å². The molecule has 2 amide bonds. The molecule has 0 aliphatic heterocycles. The second-order valence-corrected chi connectivity index (χ2v) is 10.4. The lowest BCUT2D eigenvalue weighted by atomic mass is 9.80. The summed E-state index contributed by atoms with van der Waals surface area (Å²) in [5.74, 6) is -0.0957. The van der Waals surface area contributed by atoms with E-state index in [0.29, 0.717) is 45.8 Å². The molecule has 7 heteroatoms. The number of ketones is 1. The van der Waals surface area contributed by atoms with Crippen molar-refractivity contribution in [2.45, 2.75) is 58.4 Å². The average Bonchev–Trinajstić information content (AvgIpc) is 3.23. The van der Waals surface area contributed by atoms with E-state index < -0.39 is 17.6 Å². The van der Waals surface area contributed by atoms with Crippen LogP contribution in [0.5, 0.6) is 0 Å². The molecule has 1 aromatic heterocycles. The van der Waals surface area contributed by atoms with Crippen LogP contribution in [0.1, 0.15) is 69.8 Å². The first kappa shape index (κ1) is 21.9. The highest BCUT2D eigenvalue weighted by atomic mass is 19.1. The number of hydrogen-bond donors (Lipinski definition) is 2. The zero-order valence-electron chi connectivity index (χ0n) is 19.5. The molecular weight excluding hydrogens is 421 g/mol. The number of aryl methyl sites for hydroxylation is 1. The van der Waals surface area contributed by atoms with E-state index in [-0.39, 0.29) is 17.1 Å². The smallest absolute Gasteiger partial charge is 0.294 e. The Morgan fingerprint density at radius 1 is 1.06 bits per heavy atom. The molecule has 6 rings (SSSR count). The molecule has 6 nitrogen and oxygen atoms in total. The van der Waals surface area contributed by atoms with Crippen molar-refractivity contribution in [1.82, 2.24) is 9.88 Å². The molecule has 4 atom stereocenters. The van der Waals surface area contributed by atoms with Crippen molar-refractivity contribution in [1.29, 1.82) is 0 Å². The average molecular weight is 452 g/mol. The zero-order valence-corrected chi connectivity index (χ0v) is 19.5. The van der Waals surface area contributed by atoms with Gasteiger partial charge in [-0.1, -0.05) is 0 Å². The van der Waals surface area contributed by atoms with E-state index in [1.807, 2.05) is 0 Å². The minimum atomic E-state index is -0.602. The largest absolute Gasteiger partial charge is 0.344 e. The minimum Gasteiger partial charge on any atom is -0.344 e. The van der Waals surface area contributed by atoms with Crippen LogP contribution in [0.2, 0.25) is 0 Å². The molecule has 4 saturated carbocycles. The molecule has 0 radical (unpaired) electrons. The van der Waals surface area contributed by atoms with Gasteiger partial charge in [0, 0.05) is 24.0 Å². The second-order valence-electron chi connectivity index (χ2n) is 10.4. The van der Waals surface area contributed by atoms with Crippen LogP contribution < -0.4 is 10.6 Å². The Kier molecular flexibility index (Phi) is 4.99. The van der Waals surface area contributed by atoms with Crippen LogP contribution in [0.3, 0.4) is 0 Å². The second kappa shape index (κ2) is 7.54. The maximum atomic E-state index is 13.6. The summed E-state index contributed by atoms with van der Waals surface area (Å²) in [6, 6.07) is 4.36. The quantitative estimate of drug-likeness (QED) is 0.528. The summed E-state index contributed by atoms with van der Waals surface area (Å²) in [6.45, 7) is 5.07. The van der Waals surface area contributed by atoms with Crippen molar-refractivity contribution in [2.75, 3.05) is 5.32 Å². The van der Waals surface area contributed by atoms with Crippen molar-refractivity contribution >= 4 is 23.3 Å². The highest BCUT2D eigenvalue weighted by molar-refractivity contribution is 6.43. The van der Waals surface area contributed by atoms with Gasteiger partial charge in [-0.15, -0.1) is 0 Å². The maximum absolute atomic E-state index is 13.6. The van der Waals surface area contributed by atoms with Gasteiger partial charge < -0.3 is 15.2 Å². The van der Waals surface area contributed by atoms with Gasteiger partial charge in [0.15, 0.2) is 0 Å². The van der Waals surface area contributed by atoms with Crippen LogP contribution in [0, 0.1) is 44.3 Å². The summed E-state index contributed by atoms with van der Waals surface area (Å²) in [6.07, 6.45) is 5.51. The molecule has 2 N–H and O–H groups in total. The van der Waals surface area contributed by atoms with Gasteiger partial charge in [-0.25, -0.2) is 4.39 Å². The standard InChI is InChI=1S/C26H30FN3O3/c1-13-7-19(5-6-20(13)27)28-24(32)21-14(2)22(30(4)15(21)3)23(31)25(33)29-26-11-16-8-17(12-26)10-18(26)9-16/h5-7,16-18H,8-12H2,1-4H3,(H,28,32)(H,29,33)/t16-,17+,18-,26+. The van der Waals surface area contributed by atoms with Gasteiger partial charge in [-0.3, -0.25) is 14.4 Å². The van der Waals surface area contributed by atoms with Gasteiger partial charge in [0.2, 0.25) is 0 Å². The van der Waals surface area contributed by atoms with Crippen LogP contribution >= 0.6 is 0 Å². The first-order chi connectivity index (χ1) is 15.6. The van der Waals surface area contributed by atoms with Gasteiger partial charge in [0.25, 0.3) is 17.6 Å². The number of benzene rings is 1. The van der Waals surface area contributed by atoms with Crippen molar-refractivity contribution in [2.24, 2.45) is 24.8 Å². The number of anilines is 1. The Bertz CT molecular complexity index is 1180. The molecule has 4 aliphatic rings. The first-order valence-corrected chi connectivity index (χ1v) is 11.7. The van der Waals surface area contributed by atoms with Crippen molar-refractivity contribution in [3.63, 3.8) is 0 Å². The zero-order chi connectivity index (χ0) is 23.7. The maximum Gasteiger partial charge on any atom is 0.294 e. The van der Waals surface area contributed by atoms with Crippen LogP contribution in [-0.2, 0) is 11.8 Å². The number of carbonyl (C=O) groups is 3. The van der Waals surface area contributed by atoms with Crippen LogP contribution in [0.25, 0.3) is 0 Å². The molecule has 1 aromatic carbocycles. The third-order valence-corrected chi connectivity index (χ3v) is 8.35. The number of aromatic nitrogens is 1. The van der Waals surface area contributed by atoms with Gasteiger partial charge in [-0.05, 0) is 100.0 Å². The Labute approximate surface area is 192 Å². The summed E-state index contributed by atoms with van der Waals surface area (Å²) in [7, 11) is 1.70. The van der Waals surface area contributed by atoms with E-state index >= 15 is 0 Å². The molecule has 33 heavy (non-hydrogen) atoms. The fourth-order valence-corrected chi connectivity index (χ4v) is 6.94. The number of hydrogen-bond acceptors (Lipinski definition) is 3. The van der Waals surface area contributed by atoms with E-state index in [4.69, 9.17) is 0 Å². The fourth-order valence-electron chi connectivity index (χ4n) is 6.94. The molecule has 4 fully saturated rings. The Hall–Kier alpha value is -2.96. The molecule has 0 unspecified atom stereocenters. The number of carbonyl (C=O) groups excluding carboxylic acids is 3. The normalized spacial score (nSPS) is 27.1. The molecule has 4 aliphatic carbocycles. The Morgan fingerprint density at radius 3 is 2.36 bits per heavy atom.